The first-order valence-electron chi connectivity index (χ1n) is 7.91. The van der Waals surface area contributed by atoms with Gasteiger partial charge in [-0.15, -0.1) is 0 Å². The van der Waals surface area contributed by atoms with Crippen LogP contribution in [0.4, 0.5) is 4.79 Å². The summed E-state index contributed by atoms with van der Waals surface area (Å²) < 4.78 is 0. The number of carbonyl (C=O) groups is 1. The Labute approximate surface area is 128 Å². The van der Waals surface area contributed by atoms with Gasteiger partial charge in [0.1, 0.15) is 0 Å². The predicted molar refractivity (Wildman–Crippen MR) is 84.0 cm³/mol. The summed E-state index contributed by atoms with van der Waals surface area (Å²) in [5.74, 6) is 0. The molecule has 21 heavy (non-hydrogen) atoms. The summed E-state index contributed by atoms with van der Waals surface area (Å²) in [5, 5.41) is 3.16. The number of urea groups is 1. The maximum absolute atomic E-state index is 12.4. The molecule has 0 radical (unpaired) electrons. The Kier molecular flexibility index (Phi) is 6.41. The van der Waals surface area contributed by atoms with Gasteiger partial charge < -0.3 is 10.2 Å². The van der Waals surface area contributed by atoms with Gasteiger partial charge in [0.05, 0.1) is 6.54 Å². The molecule has 1 aliphatic rings. The maximum atomic E-state index is 12.4. The van der Waals surface area contributed by atoms with Crippen molar-refractivity contribution in [2.24, 2.45) is 10.4 Å². The number of carbonyl (C=O) groups excluding carboxylic acids is 2. The fraction of sp³-hybridized carbons (Fsp3) is 0.875. The molecule has 0 saturated heterocycles. The molecule has 1 N–H and O–H groups in total. The van der Waals surface area contributed by atoms with E-state index in [-0.39, 0.29) is 29.6 Å². The molecule has 0 aromatic rings. The van der Waals surface area contributed by atoms with Gasteiger partial charge in [-0.25, -0.2) is 14.6 Å². The molecule has 0 aliphatic heterocycles. The van der Waals surface area contributed by atoms with Crippen LogP contribution in [0.3, 0.4) is 0 Å². The van der Waals surface area contributed by atoms with Crippen LogP contribution in [0.15, 0.2) is 4.99 Å². The number of aliphatic imine (C=N–C) groups is 1. The third-order valence-corrected chi connectivity index (χ3v) is 4.27. The molecule has 0 bridgehead atoms. The van der Waals surface area contributed by atoms with Gasteiger partial charge in [0.2, 0.25) is 6.08 Å². The van der Waals surface area contributed by atoms with Crippen molar-refractivity contribution < 1.29 is 9.59 Å². The van der Waals surface area contributed by atoms with Gasteiger partial charge in [0.15, 0.2) is 0 Å². The molecular formula is C16H29N3O2. The van der Waals surface area contributed by atoms with Crippen LogP contribution in [0, 0.1) is 5.41 Å². The van der Waals surface area contributed by atoms with Crippen LogP contribution in [0.2, 0.25) is 0 Å². The monoisotopic (exact) mass is 295 g/mol. The van der Waals surface area contributed by atoms with Gasteiger partial charge >= 0.3 is 6.03 Å². The minimum atomic E-state index is -0.00586. The van der Waals surface area contributed by atoms with E-state index in [2.05, 4.69) is 17.2 Å². The summed E-state index contributed by atoms with van der Waals surface area (Å²) >= 11 is 0. The van der Waals surface area contributed by atoms with Crippen LogP contribution in [0.25, 0.3) is 0 Å². The van der Waals surface area contributed by atoms with Gasteiger partial charge in [-0.2, -0.15) is 0 Å². The summed E-state index contributed by atoms with van der Waals surface area (Å²) in [7, 11) is 0. The quantitative estimate of drug-likeness (QED) is 0.626. The lowest BCUT2D eigenvalue weighted by Crippen LogP contribution is -2.52. The van der Waals surface area contributed by atoms with E-state index in [1.807, 2.05) is 32.6 Å². The van der Waals surface area contributed by atoms with Crippen LogP contribution in [-0.2, 0) is 4.79 Å². The van der Waals surface area contributed by atoms with E-state index in [1.54, 1.807) is 6.08 Å². The third-order valence-electron chi connectivity index (χ3n) is 4.27. The highest BCUT2D eigenvalue weighted by atomic mass is 16.2. The van der Waals surface area contributed by atoms with E-state index in [0.717, 1.165) is 25.7 Å². The second-order valence-electron chi connectivity index (χ2n) is 7.06. The second kappa shape index (κ2) is 7.60. The van der Waals surface area contributed by atoms with Crippen LogP contribution < -0.4 is 5.32 Å². The van der Waals surface area contributed by atoms with Crippen molar-refractivity contribution >= 4 is 12.1 Å². The lowest BCUT2D eigenvalue weighted by molar-refractivity contribution is 0.144. The molecule has 120 valence electrons. The third kappa shape index (κ3) is 5.16. The summed E-state index contributed by atoms with van der Waals surface area (Å²) in [6.45, 7) is 10.8. The molecule has 2 unspecified atom stereocenters. The first-order chi connectivity index (χ1) is 9.79. The molecule has 0 spiro atoms. The average molecular weight is 295 g/mol. The van der Waals surface area contributed by atoms with Crippen molar-refractivity contribution in [1.82, 2.24) is 10.2 Å². The van der Waals surface area contributed by atoms with E-state index in [4.69, 9.17) is 0 Å². The molecular weight excluding hydrogens is 266 g/mol. The van der Waals surface area contributed by atoms with Crippen LogP contribution >= 0.6 is 0 Å². The number of isocyanates is 1. The molecule has 0 aromatic carbocycles. The minimum absolute atomic E-state index is 0.00586. The van der Waals surface area contributed by atoms with Crippen LogP contribution in [-0.4, -0.2) is 41.7 Å². The molecule has 0 heterocycles. The zero-order valence-electron chi connectivity index (χ0n) is 14.0. The van der Waals surface area contributed by atoms with Crippen molar-refractivity contribution in [1.29, 1.82) is 0 Å². The van der Waals surface area contributed by atoms with E-state index >= 15 is 0 Å². The Hall–Kier alpha value is -1.35. The number of nitrogens with zero attached hydrogens (tertiary/aromatic N) is 2. The van der Waals surface area contributed by atoms with Gasteiger partial charge in [0.25, 0.3) is 0 Å². The molecule has 1 aliphatic carbocycles. The fourth-order valence-electron chi connectivity index (χ4n) is 3.38. The smallest absolute Gasteiger partial charge is 0.318 e. The molecule has 0 aromatic heterocycles. The first-order valence-corrected chi connectivity index (χ1v) is 7.91. The number of rotatable bonds is 5. The molecule has 2 amide bonds. The summed E-state index contributed by atoms with van der Waals surface area (Å²) in [6, 6.07) is 0.533. The van der Waals surface area contributed by atoms with Crippen LogP contribution in [0.5, 0.6) is 0 Å². The normalized spacial score (nSPS) is 25.6. The molecule has 5 nitrogen and oxygen atoms in total. The Morgan fingerprint density at radius 3 is 2.52 bits per heavy atom. The highest BCUT2D eigenvalue weighted by molar-refractivity contribution is 5.75. The number of hydrogen-bond acceptors (Lipinski definition) is 3. The van der Waals surface area contributed by atoms with Crippen LogP contribution in [0.1, 0.15) is 60.3 Å². The standard InChI is InChI=1S/C16H29N3O2/c1-12(2)19(13(3)4)15(21)18-14-7-6-8-16(5,9-14)10-17-11-20/h12-14H,6-10H2,1-5H3,(H,18,21). The van der Waals surface area contributed by atoms with Gasteiger partial charge in [-0.3, -0.25) is 0 Å². The van der Waals surface area contributed by atoms with Crippen molar-refractivity contribution in [2.75, 3.05) is 6.54 Å². The van der Waals surface area contributed by atoms with Gasteiger partial charge in [-0.1, -0.05) is 13.3 Å². The SMILES string of the molecule is CC(C)N(C(=O)NC1CCCC(C)(CN=C=O)C1)C(C)C. The lowest BCUT2D eigenvalue weighted by Gasteiger charge is -2.39. The fourth-order valence-corrected chi connectivity index (χ4v) is 3.38. The van der Waals surface area contributed by atoms with E-state index in [9.17, 15) is 9.59 Å². The van der Waals surface area contributed by atoms with Crippen molar-refractivity contribution in [3.8, 4) is 0 Å². The highest BCUT2D eigenvalue weighted by Crippen LogP contribution is 2.36. The van der Waals surface area contributed by atoms with E-state index in [1.165, 1.54) is 0 Å². The average Bonchev–Trinajstić information content (AvgIpc) is 2.35. The summed E-state index contributed by atoms with van der Waals surface area (Å²) in [6.07, 6.45) is 5.59. The summed E-state index contributed by atoms with van der Waals surface area (Å²) in [5.41, 5.74) is -0.00586. The molecule has 2 atom stereocenters. The second-order valence-corrected chi connectivity index (χ2v) is 7.06. The number of hydrogen-bond donors (Lipinski definition) is 1. The molecule has 1 rings (SSSR count). The topological polar surface area (TPSA) is 61.8 Å². The number of amides is 2. The largest absolute Gasteiger partial charge is 0.335 e. The highest BCUT2D eigenvalue weighted by Gasteiger charge is 2.33. The van der Waals surface area contributed by atoms with E-state index < -0.39 is 0 Å². The Bertz CT molecular complexity index is 394. The lowest BCUT2D eigenvalue weighted by atomic mass is 9.73. The Morgan fingerprint density at radius 2 is 2.00 bits per heavy atom. The van der Waals surface area contributed by atoms with E-state index in [0.29, 0.717) is 6.54 Å². The van der Waals surface area contributed by atoms with Crippen molar-refractivity contribution in [2.45, 2.75) is 78.4 Å². The maximum Gasteiger partial charge on any atom is 0.318 e. The van der Waals surface area contributed by atoms with Gasteiger partial charge in [0, 0.05) is 18.1 Å². The molecule has 1 fully saturated rings. The zero-order valence-corrected chi connectivity index (χ0v) is 14.0. The van der Waals surface area contributed by atoms with Crippen molar-refractivity contribution in [3.05, 3.63) is 0 Å². The zero-order chi connectivity index (χ0) is 16.0. The molecule has 1 saturated carbocycles. The Morgan fingerprint density at radius 1 is 1.38 bits per heavy atom. The predicted octanol–water partition coefficient (Wildman–Crippen LogP) is 3.10. The van der Waals surface area contributed by atoms with Crippen molar-refractivity contribution in [3.63, 3.8) is 0 Å². The first kappa shape index (κ1) is 17.7. The minimum Gasteiger partial charge on any atom is -0.335 e. The Balaban J connectivity index is 2.65. The molecule has 5 heteroatoms. The van der Waals surface area contributed by atoms with Gasteiger partial charge in [-0.05, 0) is 52.4 Å². The summed E-state index contributed by atoms with van der Waals surface area (Å²) in [4.78, 5) is 28.4. The number of nitrogens with one attached hydrogen (secondary N) is 1.